The predicted octanol–water partition coefficient (Wildman–Crippen LogP) is 2.82. The molecule has 2 N–H and O–H groups in total. The molecule has 0 spiro atoms. The third-order valence-corrected chi connectivity index (χ3v) is 3.60. The highest BCUT2D eigenvalue weighted by Gasteiger charge is 2.24. The van der Waals surface area contributed by atoms with E-state index >= 15 is 0 Å². The summed E-state index contributed by atoms with van der Waals surface area (Å²) in [6, 6.07) is 3.69. The minimum absolute atomic E-state index is 0.0232. The molecule has 1 aliphatic heterocycles. The number of piperidine rings is 1. The molecule has 0 bridgehead atoms. The number of urea groups is 1. The van der Waals surface area contributed by atoms with E-state index in [0.29, 0.717) is 25.4 Å². The van der Waals surface area contributed by atoms with Crippen LogP contribution in [0.1, 0.15) is 26.7 Å². The Morgan fingerprint density at radius 3 is 2.87 bits per heavy atom. The lowest BCUT2D eigenvalue weighted by molar-refractivity contribution is -0.114. The molecule has 23 heavy (non-hydrogen) atoms. The second-order valence-electron chi connectivity index (χ2n) is 5.47. The minimum atomic E-state index is -0.550. The summed E-state index contributed by atoms with van der Waals surface area (Å²) in [4.78, 5) is 25.0. The van der Waals surface area contributed by atoms with Gasteiger partial charge in [-0.2, -0.15) is 0 Å². The summed E-state index contributed by atoms with van der Waals surface area (Å²) in [5.41, 5.74) is 0.472. The second-order valence-corrected chi connectivity index (χ2v) is 5.47. The normalized spacial score (nSPS) is 17.7. The molecule has 1 atom stereocenters. The number of anilines is 2. The number of amides is 3. The van der Waals surface area contributed by atoms with Crippen molar-refractivity contribution in [1.29, 1.82) is 0 Å². The zero-order valence-electron chi connectivity index (χ0n) is 13.4. The molecule has 0 aromatic heterocycles. The molecule has 3 amide bonds. The summed E-state index contributed by atoms with van der Waals surface area (Å²) in [5.74, 6) is -0.810. The average molecular weight is 323 g/mol. The Balaban J connectivity index is 2.03. The van der Waals surface area contributed by atoms with E-state index < -0.39 is 5.82 Å². The van der Waals surface area contributed by atoms with Crippen molar-refractivity contribution in [1.82, 2.24) is 4.90 Å². The van der Waals surface area contributed by atoms with Crippen LogP contribution < -0.4 is 10.6 Å². The molecule has 1 saturated heterocycles. The van der Waals surface area contributed by atoms with Crippen LogP contribution in [0.5, 0.6) is 0 Å². The highest BCUT2D eigenvalue weighted by molar-refractivity contribution is 5.92. The number of benzene rings is 1. The number of ether oxygens (including phenoxy) is 1. The molecule has 0 unspecified atom stereocenters. The molecule has 0 radical (unpaired) electrons. The number of carbonyl (C=O) groups excluding carboxylic acids is 2. The maximum absolute atomic E-state index is 13.9. The van der Waals surface area contributed by atoms with Crippen molar-refractivity contribution in [3.05, 3.63) is 24.0 Å². The molecule has 1 aromatic carbocycles. The van der Waals surface area contributed by atoms with Crippen LogP contribution in [0.25, 0.3) is 0 Å². The van der Waals surface area contributed by atoms with Gasteiger partial charge in [0.25, 0.3) is 0 Å². The first-order chi connectivity index (χ1) is 11.0. The van der Waals surface area contributed by atoms with Crippen molar-refractivity contribution in [3.63, 3.8) is 0 Å². The van der Waals surface area contributed by atoms with E-state index in [-0.39, 0.29) is 23.7 Å². The van der Waals surface area contributed by atoms with Gasteiger partial charge in [-0.25, -0.2) is 9.18 Å². The fourth-order valence-electron chi connectivity index (χ4n) is 2.59. The fourth-order valence-corrected chi connectivity index (χ4v) is 2.59. The van der Waals surface area contributed by atoms with Crippen LogP contribution in [0.4, 0.5) is 20.6 Å². The molecule has 1 aromatic rings. The predicted molar refractivity (Wildman–Crippen MR) is 85.9 cm³/mol. The van der Waals surface area contributed by atoms with Gasteiger partial charge in [-0.05, 0) is 38.0 Å². The van der Waals surface area contributed by atoms with E-state index in [1.54, 1.807) is 4.90 Å². The van der Waals surface area contributed by atoms with Crippen LogP contribution in [0, 0.1) is 5.82 Å². The summed E-state index contributed by atoms with van der Waals surface area (Å²) >= 11 is 0. The highest BCUT2D eigenvalue weighted by atomic mass is 19.1. The molecule has 6 nitrogen and oxygen atoms in total. The zero-order chi connectivity index (χ0) is 16.8. The van der Waals surface area contributed by atoms with Crippen molar-refractivity contribution in [2.75, 3.05) is 30.3 Å². The van der Waals surface area contributed by atoms with Crippen LogP contribution in [0.15, 0.2) is 18.2 Å². The Labute approximate surface area is 135 Å². The van der Waals surface area contributed by atoms with E-state index in [1.165, 1.54) is 25.1 Å². The fraction of sp³-hybridized carbons (Fsp3) is 0.500. The van der Waals surface area contributed by atoms with Crippen LogP contribution in [-0.2, 0) is 9.53 Å². The third-order valence-electron chi connectivity index (χ3n) is 3.60. The smallest absolute Gasteiger partial charge is 0.322 e. The van der Waals surface area contributed by atoms with Gasteiger partial charge in [0, 0.05) is 32.3 Å². The molecular formula is C16H22FN3O3. The molecule has 126 valence electrons. The quantitative estimate of drug-likeness (QED) is 0.895. The van der Waals surface area contributed by atoms with Crippen molar-refractivity contribution in [2.45, 2.75) is 32.8 Å². The first-order valence-corrected chi connectivity index (χ1v) is 7.74. The minimum Gasteiger partial charge on any atom is -0.377 e. The van der Waals surface area contributed by atoms with Gasteiger partial charge in [0.15, 0.2) is 0 Å². The van der Waals surface area contributed by atoms with Crippen LogP contribution in [-0.4, -0.2) is 42.6 Å². The first-order valence-electron chi connectivity index (χ1n) is 7.74. The number of halogens is 1. The summed E-state index contributed by atoms with van der Waals surface area (Å²) in [5, 5.41) is 5.12. The van der Waals surface area contributed by atoms with Gasteiger partial charge >= 0.3 is 6.03 Å². The summed E-state index contributed by atoms with van der Waals surface area (Å²) in [6.07, 6.45) is 1.80. The van der Waals surface area contributed by atoms with Crippen LogP contribution in [0.3, 0.4) is 0 Å². The molecule has 1 aliphatic rings. The van der Waals surface area contributed by atoms with Crippen molar-refractivity contribution >= 4 is 23.3 Å². The van der Waals surface area contributed by atoms with E-state index in [2.05, 4.69) is 10.6 Å². The maximum Gasteiger partial charge on any atom is 0.322 e. The number of likely N-dealkylation sites (tertiary alicyclic amines) is 1. The summed E-state index contributed by atoms with van der Waals surface area (Å²) < 4.78 is 19.4. The number of hydrogen-bond acceptors (Lipinski definition) is 3. The number of nitrogens with zero attached hydrogens (tertiary/aromatic N) is 1. The maximum atomic E-state index is 13.9. The monoisotopic (exact) mass is 323 g/mol. The largest absolute Gasteiger partial charge is 0.377 e. The molecule has 2 rings (SSSR count). The van der Waals surface area contributed by atoms with E-state index in [4.69, 9.17) is 4.74 Å². The lowest BCUT2D eigenvalue weighted by Crippen LogP contribution is -2.45. The molecular weight excluding hydrogens is 301 g/mol. The summed E-state index contributed by atoms with van der Waals surface area (Å²) in [6.45, 7) is 4.99. The molecule has 0 saturated carbocycles. The van der Waals surface area contributed by atoms with E-state index in [1.807, 2.05) is 6.92 Å². The number of carbonyl (C=O) groups is 2. The van der Waals surface area contributed by atoms with E-state index in [0.717, 1.165) is 12.8 Å². The van der Waals surface area contributed by atoms with Gasteiger partial charge in [-0.3, -0.25) is 4.79 Å². The Morgan fingerprint density at radius 1 is 1.39 bits per heavy atom. The second kappa shape index (κ2) is 7.92. The number of hydrogen-bond donors (Lipinski definition) is 2. The van der Waals surface area contributed by atoms with Gasteiger partial charge in [0.05, 0.1) is 11.8 Å². The molecule has 7 heteroatoms. The number of rotatable bonds is 4. The van der Waals surface area contributed by atoms with Gasteiger partial charge in [-0.1, -0.05) is 0 Å². The molecule has 0 aliphatic carbocycles. The SMILES string of the molecule is CCO[C@@H]1CCCN(C(=O)Nc2cc(NC(C)=O)ccc2F)C1. The van der Waals surface area contributed by atoms with Gasteiger partial charge in [-0.15, -0.1) is 0 Å². The Kier molecular flexibility index (Phi) is 5.92. The molecule has 1 heterocycles. The Morgan fingerprint density at radius 2 is 2.17 bits per heavy atom. The third kappa shape index (κ3) is 4.92. The van der Waals surface area contributed by atoms with Crippen molar-refractivity contribution < 1.29 is 18.7 Å². The van der Waals surface area contributed by atoms with Crippen LogP contribution in [0.2, 0.25) is 0 Å². The lowest BCUT2D eigenvalue weighted by atomic mass is 10.1. The van der Waals surface area contributed by atoms with E-state index in [9.17, 15) is 14.0 Å². The van der Waals surface area contributed by atoms with Crippen molar-refractivity contribution in [2.24, 2.45) is 0 Å². The van der Waals surface area contributed by atoms with Gasteiger partial charge in [0.2, 0.25) is 5.91 Å². The highest BCUT2D eigenvalue weighted by Crippen LogP contribution is 2.21. The average Bonchev–Trinajstić information content (AvgIpc) is 2.50. The van der Waals surface area contributed by atoms with Gasteiger partial charge in [0.1, 0.15) is 5.82 Å². The zero-order valence-corrected chi connectivity index (χ0v) is 13.4. The molecule has 1 fully saturated rings. The van der Waals surface area contributed by atoms with Crippen molar-refractivity contribution in [3.8, 4) is 0 Å². The van der Waals surface area contributed by atoms with Crippen LogP contribution >= 0.6 is 0 Å². The Bertz CT molecular complexity index is 578. The summed E-state index contributed by atoms with van der Waals surface area (Å²) in [7, 11) is 0. The topological polar surface area (TPSA) is 70.7 Å². The lowest BCUT2D eigenvalue weighted by Gasteiger charge is -2.32. The standard InChI is InChI=1S/C16H22FN3O3/c1-3-23-13-5-4-8-20(10-13)16(22)19-15-9-12(18-11(2)21)6-7-14(15)17/h6-7,9,13H,3-5,8,10H2,1-2H3,(H,18,21)(H,19,22)/t13-/m1/s1. The van der Waals surface area contributed by atoms with Gasteiger partial charge < -0.3 is 20.3 Å². The number of nitrogens with one attached hydrogen (secondary N) is 2. The Hall–Kier alpha value is -2.15. The first kappa shape index (κ1) is 17.2.